The van der Waals surface area contributed by atoms with Crippen LogP contribution in [0.2, 0.25) is 0 Å². The Hall–Kier alpha value is -1.20. The highest BCUT2D eigenvalue weighted by molar-refractivity contribution is 8.00. The Morgan fingerprint density at radius 1 is 1.28 bits per heavy atom. The molecule has 0 aliphatic heterocycles. The maximum atomic E-state index is 12.2. The zero-order valence-electron chi connectivity index (χ0n) is 9.10. The summed E-state index contributed by atoms with van der Waals surface area (Å²) in [5.41, 5.74) is -5.30. The SMILES string of the molecule is C[C@H](C#N)Sc1ccc(S(=O)(=O)C(F)(F)F)cc1. The third kappa shape index (κ3) is 3.17. The van der Waals surface area contributed by atoms with E-state index in [2.05, 4.69) is 0 Å². The van der Waals surface area contributed by atoms with Crippen LogP contribution in [0.15, 0.2) is 34.1 Å². The molecule has 0 aromatic heterocycles. The number of thioether (sulfide) groups is 1. The number of alkyl halides is 3. The predicted octanol–water partition coefficient (Wildman–Crippen LogP) is 2.98. The van der Waals surface area contributed by atoms with Crippen molar-refractivity contribution < 1.29 is 21.6 Å². The molecule has 1 aromatic carbocycles. The summed E-state index contributed by atoms with van der Waals surface area (Å²) in [6.45, 7) is 1.63. The van der Waals surface area contributed by atoms with Crippen LogP contribution in [-0.4, -0.2) is 19.2 Å². The summed E-state index contributed by atoms with van der Waals surface area (Å²) >= 11 is 1.13. The molecule has 0 unspecified atom stereocenters. The van der Waals surface area contributed by atoms with Gasteiger partial charge in [0.15, 0.2) is 0 Å². The van der Waals surface area contributed by atoms with E-state index in [-0.39, 0.29) is 5.25 Å². The van der Waals surface area contributed by atoms with Crippen molar-refractivity contribution in [1.29, 1.82) is 5.26 Å². The van der Waals surface area contributed by atoms with E-state index in [1.165, 1.54) is 12.1 Å². The predicted molar refractivity (Wildman–Crippen MR) is 60.6 cm³/mol. The molecule has 0 amide bonds. The molecule has 0 radical (unpaired) electrons. The molecule has 0 spiro atoms. The molecule has 98 valence electrons. The minimum absolute atomic E-state index is 0.366. The summed E-state index contributed by atoms with van der Waals surface area (Å²) in [4.78, 5) is -0.269. The lowest BCUT2D eigenvalue weighted by molar-refractivity contribution is -0.0436. The van der Waals surface area contributed by atoms with Crippen LogP contribution in [0.25, 0.3) is 0 Å². The maximum Gasteiger partial charge on any atom is 0.501 e. The quantitative estimate of drug-likeness (QED) is 0.804. The lowest BCUT2D eigenvalue weighted by Gasteiger charge is -2.08. The van der Waals surface area contributed by atoms with Gasteiger partial charge in [-0.3, -0.25) is 0 Å². The van der Waals surface area contributed by atoms with Crippen molar-refractivity contribution in [2.45, 2.75) is 27.5 Å². The van der Waals surface area contributed by atoms with Crippen LogP contribution < -0.4 is 0 Å². The molecule has 0 saturated heterocycles. The van der Waals surface area contributed by atoms with E-state index in [9.17, 15) is 21.6 Å². The normalized spacial score (nSPS) is 13.9. The van der Waals surface area contributed by atoms with Crippen molar-refractivity contribution in [3.8, 4) is 6.07 Å². The summed E-state index contributed by atoms with van der Waals surface area (Å²) in [5.74, 6) is 0. The van der Waals surface area contributed by atoms with E-state index >= 15 is 0 Å². The average molecular weight is 295 g/mol. The Labute approximate surface area is 107 Å². The first-order chi connectivity index (χ1) is 8.18. The smallest absolute Gasteiger partial charge is 0.214 e. The van der Waals surface area contributed by atoms with Gasteiger partial charge in [0.05, 0.1) is 16.2 Å². The fourth-order valence-electron chi connectivity index (χ4n) is 1.06. The van der Waals surface area contributed by atoms with Crippen LogP contribution in [0.1, 0.15) is 6.92 Å². The number of rotatable bonds is 3. The van der Waals surface area contributed by atoms with Gasteiger partial charge in [0, 0.05) is 4.90 Å². The first-order valence-electron chi connectivity index (χ1n) is 4.66. The summed E-state index contributed by atoms with van der Waals surface area (Å²) in [5, 5.41) is 8.21. The van der Waals surface area contributed by atoms with Crippen molar-refractivity contribution in [2.75, 3.05) is 0 Å². The van der Waals surface area contributed by atoms with Crippen LogP contribution in [0, 0.1) is 11.3 Å². The molecule has 1 aromatic rings. The van der Waals surface area contributed by atoms with Gasteiger partial charge in [-0.1, -0.05) is 0 Å². The number of benzene rings is 1. The second-order valence-electron chi connectivity index (χ2n) is 3.31. The lowest BCUT2D eigenvalue weighted by atomic mass is 10.4. The highest BCUT2D eigenvalue weighted by atomic mass is 32.2. The average Bonchev–Trinajstić information content (AvgIpc) is 2.28. The zero-order chi connectivity index (χ0) is 14.0. The van der Waals surface area contributed by atoms with Gasteiger partial charge in [0.1, 0.15) is 0 Å². The van der Waals surface area contributed by atoms with E-state index in [4.69, 9.17) is 5.26 Å². The summed E-state index contributed by atoms with van der Waals surface area (Å²) in [6, 6.07) is 6.21. The van der Waals surface area contributed by atoms with Gasteiger partial charge < -0.3 is 0 Å². The fourth-order valence-corrected chi connectivity index (χ4v) is 2.58. The number of hydrogen-bond donors (Lipinski definition) is 0. The van der Waals surface area contributed by atoms with Crippen LogP contribution in [0.5, 0.6) is 0 Å². The van der Waals surface area contributed by atoms with Crippen molar-refractivity contribution in [3.63, 3.8) is 0 Å². The largest absolute Gasteiger partial charge is 0.501 e. The highest BCUT2D eigenvalue weighted by Crippen LogP contribution is 2.31. The highest BCUT2D eigenvalue weighted by Gasteiger charge is 2.46. The first-order valence-corrected chi connectivity index (χ1v) is 7.02. The van der Waals surface area contributed by atoms with Crippen molar-refractivity contribution in [3.05, 3.63) is 24.3 Å². The summed E-state index contributed by atoms with van der Waals surface area (Å²) in [7, 11) is -5.30. The molecule has 0 bridgehead atoms. The van der Waals surface area contributed by atoms with E-state index in [1.54, 1.807) is 6.92 Å². The number of sulfone groups is 1. The van der Waals surface area contributed by atoms with Crippen LogP contribution in [0.3, 0.4) is 0 Å². The van der Waals surface area contributed by atoms with Crippen LogP contribution >= 0.6 is 11.8 Å². The van der Waals surface area contributed by atoms with E-state index in [0.29, 0.717) is 4.90 Å². The van der Waals surface area contributed by atoms with Gasteiger partial charge in [-0.15, -0.1) is 11.8 Å². The maximum absolute atomic E-state index is 12.2. The first kappa shape index (κ1) is 14.9. The zero-order valence-corrected chi connectivity index (χ0v) is 10.7. The molecule has 18 heavy (non-hydrogen) atoms. The third-order valence-electron chi connectivity index (χ3n) is 1.93. The Bertz CT molecular complexity index is 558. The van der Waals surface area contributed by atoms with Gasteiger partial charge in [-0.2, -0.15) is 18.4 Å². The minimum atomic E-state index is -5.30. The Kier molecular flexibility index (Phi) is 4.29. The van der Waals surface area contributed by atoms with Gasteiger partial charge >= 0.3 is 5.51 Å². The minimum Gasteiger partial charge on any atom is -0.214 e. The van der Waals surface area contributed by atoms with Crippen LogP contribution in [-0.2, 0) is 9.84 Å². The van der Waals surface area contributed by atoms with Crippen molar-refractivity contribution in [1.82, 2.24) is 0 Å². The summed E-state index contributed by atoms with van der Waals surface area (Å²) < 4.78 is 58.9. The molecule has 0 heterocycles. The lowest BCUT2D eigenvalue weighted by Crippen LogP contribution is -2.23. The molecule has 3 nitrogen and oxygen atoms in total. The molecule has 8 heteroatoms. The second-order valence-corrected chi connectivity index (χ2v) is 6.67. The molecule has 0 aliphatic carbocycles. The number of halogens is 3. The molecular formula is C10H8F3NO2S2. The monoisotopic (exact) mass is 295 g/mol. The Balaban J connectivity index is 3.02. The Morgan fingerprint density at radius 2 is 1.78 bits per heavy atom. The van der Waals surface area contributed by atoms with Crippen LogP contribution in [0.4, 0.5) is 13.2 Å². The van der Waals surface area contributed by atoms with Gasteiger partial charge in [-0.05, 0) is 31.2 Å². The number of hydrogen-bond acceptors (Lipinski definition) is 4. The molecule has 0 N–H and O–H groups in total. The van der Waals surface area contributed by atoms with Gasteiger partial charge in [0.25, 0.3) is 9.84 Å². The standard InChI is InChI=1S/C10H8F3NO2S2/c1-7(6-14)17-8-2-4-9(5-3-8)18(15,16)10(11,12)13/h2-5,7H,1H3/t7-/m1/s1. The van der Waals surface area contributed by atoms with E-state index in [0.717, 1.165) is 23.9 Å². The molecule has 1 atom stereocenters. The van der Waals surface area contributed by atoms with Gasteiger partial charge in [0.2, 0.25) is 0 Å². The van der Waals surface area contributed by atoms with Gasteiger partial charge in [-0.25, -0.2) is 8.42 Å². The fraction of sp³-hybridized carbons (Fsp3) is 0.300. The van der Waals surface area contributed by atoms with E-state index in [1.807, 2.05) is 6.07 Å². The second kappa shape index (κ2) is 5.20. The van der Waals surface area contributed by atoms with Crippen molar-refractivity contribution >= 4 is 21.6 Å². The summed E-state index contributed by atoms with van der Waals surface area (Å²) in [6.07, 6.45) is 0. The van der Waals surface area contributed by atoms with E-state index < -0.39 is 20.2 Å². The number of nitrogens with zero attached hydrogens (tertiary/aromatic N) is 1. The van der Waals surface area contributed by atoms with Crippen molar-refractivity contribution in [2.24, 2.45) is 0 Å². The molecular weight excluding hydrogens is 287 g/mol. The molecule has 1 rings (SSSR count). The molecule has 0 fully saturated rings. The molecule has 0 saturated carbocycles. The topological polar surface area (TPSA) is 57.9 Å². The Morgan fingerprint density at radius 3 is 2.17 bits per heavy atom. The third-order valence-corrected chi connectivity index (χ3v) is 4.44. The number of nitriles is 1. The molecule has 0 aliphatic rings.